The highest BCUT2D eigenvalue weighted by atomic mass is 15.1. The van der Waals surface area contributed by atoms with E-state index in [4.69, 9.17) is 0 Å². The molecule has 1 fully saturated rings. The van der Waals surface area contributed by atoms with Crippen LogP contribution in [0.25, 0.3) is 0 Å². The normalized spacial score (nSPS) is 23.6. The van der Waals surface area contributed by atoms with Gasteiger partial charge in [0.15, 0.2) is 0 Å². The van der Waals surface area contributed by atoms with E-state index in [2.05, 4.69) is 21.7 Å². The van der Waals surface area contributed by atoms with E-state index >= 15 is 0 Å². The molecule has 1 spiro atoms. The maximum atomic E-state index is 4.16. The van der Waals surface area contributed by atoms with Crippen LogP contribution >= 0.6 is 0 Å². The van der Waals surface area contributed by atoms with Crippen molar-refractivity contribution in [3.05, 3.63) is 30.4 Å². The number of aromatic nitrogens is 2. The van der Waals surface area contributed by atoms with Crippen LogP contribution < -0.4 is 0 Å². The molecule has 0 saturated heterocycles. The van der Waals surface area contributed by atoms with Crippen molar-refractivity contribution in [1.29, 1.82) is 0 Å². The molecule has 3 rings (SSSR count). The molecule has 1 aliphatic carbocycles. The van der Waals surface area contributed by atoms with Gasteiger partial charge in [0.2, 0.25) is 0 Å². The molecule has 2 heteroatoms. The summed E-state index contributed by atoms with van der Waals surface area (Å²) in [6.07, 6.45) is 11.2. The average molecular weight is 146 g/mol. The average Bonchev–Trinajstić information content (AvgIpc) is 2.63. The zero-order chi connectivity index (χ0) is 7.31. The largest absolute Gasteiger partial charge is 0.330 e. The summed E-state index contributed by atoms with van der Waals surface area (Å²) in [5.74, 6) is 0. The van der Waals surface area contributed by atoms with Crippen LogP contribution in [0, 0.1) is 0 Å². The number of rotatable bonds is 0. The lowest BCUT2D eigenvalue weighted by Crippen LogP contribution is -2.14. The Balaban J connectivity index is 2.22. The predicted molar refractivity (Wildman–Crippen MR) is 42.3 cm³/mol. The Bertz CT molecular complexity index is 318. The smallest absolute Gasteiger partial charge is 0.0951 e. The van der Waals surface area contributed by atoms with Crippen molar-refractivity contribution in [3.63, 3.8) is 0 Å². The summed E-state index contributed by atoms with van der Waals surface area (Å²) in [4.78, 5) is 4.16. The van der Waals surface area contributed by atoms with Crippen LogP contribution in [0.1, 0.15) is 18.5 Å². The van der Waals surface area contributed by atoms with E-state index in [0.717, 1.165) is 6.54 Å². The molecule has 1 aromatic heterocycles. The van der Waals surface area contributed by atoms with Crippen LogP contribution in [0.5, 0.6) is 0 Å². The van der Waals surface area contributed by atoms with Gasteiger partial charge in [0.05, 0.1) is 6.33 Å². The molecule has 1 saturated carbocycles. The zero-order valence-electron chi connectivity index (χ0n) is 6.33. The molecular formula is C9H10N2. The Kier molecular flexibility index (Phi) is 0.799. The molecule has 0 N–H and O–H groups in total. The molecule has 11 heavy (non-hydrogen) atoms. The molecular weight excluding hydrogens is 136 g/mol. The van der Waals surface area contributed by atoms with Crippen molar-refractivity contribution in [2.75, 3.05) is 0 Å². The quantitative estimate of drug-likeness (QED) is 0.507. The third-order valence-corrected chi connectivity index (χ3v) is 2.75. The van der Waals surface area contributed by atoms with Crippen molar-refractivity contribution in [2.24, 2.45) is 0 Å². The van der Waals surface area contributed by atoms with Gasteiger partial charge in [-0.25, -0.2) is 4.98 Å². The fraction of sp³-hybridized carbons (Fsp3) is 0.444. The van der Waals surface area contributed by atoms with Gasteiger partial charge in [-0.3, -0.25) is 0 Å². The number of allylic oxidation sites excluding steroid dienone is 2. The van der Waals surface area contributed by atoms with E-state index in [1.165, 1.54) is 18.5 Å². The summed E-state index contributed by atoms with van der Waals surface area (Å²) in [6.45, 7) is 1.01. The van der Waals surface area contributed by atoms with E-state index in [9.17, 15) is 0 Å². The predicted octanol–water partition coefficient (Wildman–Crippen LogP) is 1.48. The zero-order valence-corrected chi connectivity index (χ0v) is 6.33. The number of nitrogens with zero attached hydrogens (tertiary/aromatic N) is 2. The standard InChI is InChI=1S/C9H10N2/c1-2-9(3-4-9)8-6-10-7-11(8)5-1/h1-2,6-7H,3-5H2. The maximum absolute atomic E-state index is 4.16. The topological polar surface area (TPSA) is 17.8 Å². The lowest BCUT2D eigenvalue weighted by Gasteiger charge is -2.17. The summed E-state index contributed by atoms with van der Waals surface area (Å²) in [5, 5.41) is 0. The van der Waals surface area contributed by atoms with Gasteiger partial charge in [0, 0.05) is 23.9 Å². The Hall–Kier alpha value is -1.05. The second kappa shape index (κ2) is 1.58. The first-order valence-corrected chi connectivity index (χ1v) is 4.09. The third-order valence-electron chi connectivity index (χ3n) is 2.75. The van der Waals surface area contributed by atoms with E-state index in [0.29, 0.717) is 5.41 Å². The van der Waals surface area contributed by atoms with Crippen LogP contribution in [0.3, 0.4) is 0 Å². The van der Waals surface area contributed by atoms with Gasteiger partial charge >= 0.3 is 0 Å². The van der Waals surface area contributed by atoms with Gasteiger partial charge < -0.3 is 4.57 Å². The molecule has 0 unspecified atom stereocenters. The van der Waals surface area contributed by atoms with E-state index in [1.54, 1.807) is 0 Å². The van der Waals surface area contributed by atoms with Crippen molar-refractivity contribution >= 4 is 0 Å². The lowest BCUT2D eigenvalue weighted by atomic mass is 10.0. The molecule has 0 atom stereocenters. The number of hydrogen-bond acceptors (Lipinski definition) is 1. The molecule has 2 aliphatic rings. The van der Waals surface area contributed by atoms with Crippen molar-refractivity contribution in [2.45, 2.75) is 24.8 Å². The summed E-state index contributed by atoms with van der Waals surface area (Å²) in [5.41, 5.74) is 1.83. The monoisotopic (exact) mass is 146 g/mol. The fourth-order valence-corrected chi connectivity index (χ4v) is 1.92. The first-order valence-electron chi connectivity index (χ1n) is 4.09. The fourth-order valence-electron chi connectivity index (χ4n) is 1.92. The lowest BCUT2D eigenvalue weighted by molar-refractivity contribution is 0.669. The van der Waals surface area contributed by atoms with Crippen LogP contribution in [-0.4, -0.2) is 9.55 Å². The van der Waals surface area contributed by atoms with Crippen LogP contribution in [0.15, 0.2) is 24.7 Å². The molecule has 1 aliphatic heterocycles. The maximum Gasteiger partial charge on any atom is 0.0951 e. The molecule has 56 valence electrons. The molecule has 1 aromatic rings. The van der Waals surface area contributed by atoms with E-state index in [-0.39, 0.29) is 0 Å². The molecule has 0 amide bonds. The minimum Gasteiger partial charge on any atom is -0.330 e. The Labute approximate surface area is 65.6 Å². The number of imidazole rings is 1. The van der Waals surface area contributed by atoms with Gasteiger partial charge in [0.25, 0.3) is 0 Å². The van der Waals surface area contributed by atoms with Crippen LogP contribution in [-0.2, 0) is 12.0 Å². The number of fused-ring (bicyclic) bond motifs is 2. The summed E-state index contributed by atoms with van der Waals surface area (Å²) in [7, 11) is 0. The van der Waals surface area contributed by atoms with E-state index in [1.807, 2.05) is 12.5 Å². The first-order chi connectivity index (χ1) is 5.41. The molecule has 0 bridgehead atoms. The van der Waals surface area contributed by atoms with Gasteiger partial charge in [-0.2, -0.15) is 0 Å². The molecule has 2 heterocycles. The summed E-state index contributed by atoms with van der Waals surface area (Å²) >= 11 is 0. The Morgan fingerprint density at radius 3 is 3.18 bits per heavy atom. The minimum absolute atomic E-state index is 0.411. The third kappa shape index (κ3) is 0.595. The minimum atomic E-state index is 0.411. The van der Waals surface area contributed by atoms with Crippen LogP contribution in [0.2, 0.25) is 0 Å². The van der Waals surface area contributed by atoms with Gasteiger partial charge in [0.1, 0.15) is 0 Å². The highest BCUT2D eigenvalue weighted by molar-refractivity contribution is 5.34. The summed E-state index contributed by atoms with van der Waals surface area (Å²) in [6, 6.07) is 0. The highest BCUT2D eigenvalue weighted by Gasteiger charge is 2.45. The first kappa shape index (κ1) is 5.58. The molecule has 0 radical (unpaired) electrons. The second-order valence-electron chi connectivity index (χ2n) is 3.49. The number of hydrogen-bond donors (Lipinski definition) is 0. The SMILES string of the molecule is C1=CC2(CC2)c2cncn2C1. The van der Waals surface area contributed by atoms with Crippen molar-refractivity contribution in [3.8, 4) is 0 Å². The van der Waals surface area contributed by atoms with Crippen molar-refractivity contribution in [1.82, 2.24) is 9.55 Å². The van der Waals surface area contributed by atoms with Gasteiger partial charge in [-0.1, -0.05) is 12.2 Å². The van der Waals surface area contributed by atoms with Gasteiger partial charge in [-0.05, 0) is 12.8 Å². The Morgan fingerprint density at radius 2 is 2.36 bits per heavy atom. The van der Waals surface area contributed by atoms with Crippen LogP contribution in [0.4, 0.5) is 0 Å². The van der Waals surface area contributed by atoms with E-state index < -0.39 is 0 Å². The molecule has 0 aromatic carbocycles. The highest BCUT2D eigenvalue weighted by Crippen LogP contribution is 2.50. The second-order valence-corrected chi connectivity index (χ2v) is 3.49. The van der Waals surface area contributed by atoms with Crippen molar-refractivity contribution < 1.29 is 0 Å². The van der Waals surface area contributed by atoms with Gasteiger partial charge in [-0.15, -0.1) is 0 Å². The molecule has 2 nitrogen and oxygen atoms in total. The Morgan fingerprint density at radius 1 is 1.45 bits per heavy atom. The summed E-state index contributed by atoms with van der Waals surface area (Å²) < 4.78 is 2.24.